The summed E-state index contributed by atoms with van der Waals surface area (Å²) in [7, 11) is -1.64. The summed E-state index contributed by atoms with van der Waals surface area (Å²) in [6.45, 7) is -0.0418. The quantitative estimate of drug-likeness (QED) is 0.768. The van der Waals surface area contributed by atoms with Crippen LogP contribution in [0.15, 0.2) is 35.1 Å². The number of nitrogens with one attached hydrogen (secondary N) is 2. The zero-order valence-corrected chi connectivity index (χ0v) is 14.0. The molecule has 0 fully saturated rings. The molecule has 2 N–H and O–H groups in total. The van der Waals surface area contributed by atoms with Crippen molar-refractivity contribution in [3.63, 3.8) is 0 Å². The number of benzene rings is 1. The number of carbonyl (C=O) groups excluding carboxylic acids is 1. The summed E-state index contributed by atoms with van der Waals surface area (Å²) in [4.78, 5) is 29.9. The lowest BCUT2D eigenvalue weighted by Gasteiger charge is -2.07. The van der Waals surface area contributed by atoms with Crippen molar-refractivity contribution in [1.82, 2.24) is 15.3 Å². The van der Waals surface area contributed by atoms with Crippen molar-refractivity contribution in [2.75, 3.05) is 25.7 Å². The molecule has 0 unspecified atom stereocenters. The molecule has 2 aromatic rings. The molecule has 0 bridgehead atoms. The van der Waals surface area contributed by atoms with E-state index < -0.39 is 21.4 Å². The van der Waals surface area contributed by atoms with E-state index in [1.165, 1.54) is 6.07 Å². The minimum absolute atomic E-state index is 0.00863. The van der Waals surface area contributed by atoms with E-state index in [1.54, 1.807) is 31.4 Å². The summed E-state index contributed by atoms with van der Waals surface area (Å²) < 4.78 is 27.2. The molecule has 1 amide bonds. The molecule has 0 aliphatic rings. The first kappa shape index (κ1) is 17.7. The van der Waals surface area contributed by atoms with E-state index in [0.717, 1.165) is 6.26 Å². The third-order valence-electron chi connectivity index (χ3n) is 3.13. The summed E-state index contributed by atoms with van der Waals surface area (Å²) in [6, 6.07) is 8.28. The highest BCUT2D eigenvalue weighted by molar-refractivity contribution is 7.90. The van der Waals surface area contributed by atoms with Crippen LogP contribution in [-0.2, 0) is 9.84 Å². The smallest absolute Gasteiger partial charge is 0.346 e. The SMILES string of the molecule is COc1ccc(-c2cc(C(=O)NCCS(C)(=O)=O)[nH]c(=O)n2)cc1. The van der Waals surface area contributed by atoms with Gasteiger partial charge in [-0.3, -0.25) is 4.79 Å². The van der Waals surface area contributed by atoms with Crippen LogP contribution in [0.3, 0.4) is 0 Å². The van der Waals surface area contributed by atoms with Crippen LogP contribution in [0.4, 0.5) is 0 Å². The van der Waals surface area contributed by atoms with Gasteiger partial charge in [0.25, 0.3) is 5.91 Å². The number of hydrogen-bond donors (Lipinski definition) is 2. The van der Waals surface area contributed by atoms with Gasteiger partial charge in [-0.2, -0.15) is 4.98 Å². The Morgan fingerprint density at radius 1 is 1.29 bits per heavy atom. The van der Waals surface area contributed by atoms with Crippen molar-refractivity contribution in [3.05, 3.63) is 46.5 Å². The monoisotopic (exact) mass is 351 g/mol. The first-order valence-electron chi connectivity index (χ1n) is 7.00. The average molecular weight is 351 g/mol. The van der Waals surface area contributed by atoms with Crippen LogP contribution in [0.2, 0.25) is 0 Å². The number of nitrogens with zero attached hydrogens (tertiary/aromatic N) is 1. The van der Waals surface area contributed by atoms with Gasteiger partial charge >= 0.3 is 5.69 Å². The van der Waals surface area contributed by atoms with Crippen LogP contribution in [0.5, 0.6) is 5.75 Å². The molecule has 0 saturated heterocycles. The minimum atomic E-state index is -3.18. The fraction of sp³-hybridized carbons (Fsp3) is 0.267. The third-order valence-corrected chi connectivity index (χ3v) is 4.08. The minimum Gasteiger partial charge on any atom is -0.497 e. The Bertz CT molecular complexity index is 888. The van der Waals surface area contributed by atoms with Gasteiger partial charge in [0.15, 0.2) is 0 Å². The van der Waals surface area contributed by atoms with Crippen LogP contribution in [0.25, 0.3) is 11.3 Å². The normalized spacial score (nSPS) is 11.1. The molecular formula is C15H17N3O5S. The molecule has 0 radical (unpaired) electrons. The van der Waals surface area contributed by atoms with Crippen molar-refractivity contribution < 1.29 is 17.9 Å². The van der Waals surface area contributed by atoms with Gasteiger partial charge in [-0.15, -0.1) is 0 Å². The van der Waals surface area contributed by atoms with Crippen LogP contribution in [-0.4, -0.2) is 50.0 Å². The standard InChI is InChI=1S/C15H17N3O5S/c1-23-11-5-3-10(4-6-11)12-9-13(18-15(20)17-12)14(19)16-7-8-24(2,21)22/h3-6,9H,7-8H2,1-2H3,(H,16,19)(H,17,18,20). The topological polar surface area (TPSA) is 118 Å². The number of amides is 1. The fourth-order valence-corrected chi connectivity index (χ4v) is 2.41. The lowest BCUT2D eigenvalue weighted by atomic mass is 10.1. The van der Waals surface area contributed by atoms with E-state index >= 15 is 0 Å². The van der Waals surface area contributed by atoms with E-state index in [4.69, 9.17) is 4.74 Å². The average Bonchev–Trinajstić information content (AvgIpc) is 2.53. The van der Waals surface area contributed by atoms with Crippen molar-refractivity contribution >= 4 is 15.7 Å². The predicted octanol–water partition coefficient (Wildman–Crippen LogP) is 0.220. The Balaban J connectivity index is 2.21. The maximum absolute atomic E-state index is 12.0. The number of sulfone groups is 1. The zero-order chi connectivity index (χ0) is 17.7. The van der Waals surface area contributed by atoms with Gasteiger partial charge in [-0.05, 0) is 30.3 Å². The number of rotatable bonds is 6. The third kappa shape index (κ3) is 4.92. The fourth-order valence-electron chi connectivity index (χ4n) is 1.93. The van der Waals surface area contributed by atoms with Crippen LogP contribution in [0.1, 0.15) is 10.5 Å². The number of ether oxygens (including phenoxy) is 1. The van der Waals surface area contributed by atoms with Gasteiger partial charge in [0, 0.05) is 18.4 Å². The second-order valence-electron chi connectivity index (χ2n) is 5.10. The van der Waals surface area contributed by atoms with Crippen LogP contribution >= 0.6 is 0 Å². The van der Waals surface area contributed by atoms with Crippen LogP contribution < -0.4 is 15.7 Å². The Labute approximate surface area is 138 Å². The maximum Gasteiger partial charge on any atom is 0.346 e. The lowest BCUT2D eigenvalue weighted by molar-refractivity contribution is 0.0950. The highest BCUT2D eigenvalue weighted by Crippen LogP contribution is 2.20. The Morgan fingerprint density at radius 3 is 2.54 bits per heavy atom. The summed E-state index contributed by atoms with van der Waals surface area (Å²) in [5.41, 5.74) is 0.313. The number of carbonyl (C=O) groups is 1. The molecule has 1 aromatic carbocycles. The van der Waals surface area contributed by atoms with Gasteiger partial charge in [0.05, 0.1) is 18.6 Å². The number of aromatic nitrogens is 2. The first-order valence-corrected chi connectivity index (χ1v) is 9.06. The first-order chi connectivity index (χ1) is 11.3. The van der Waals surface area contributed by atoms with E-state index in [2.05, 4.69) is 15.3 Å². The molecule has 8 nitrogen and oxygen atoms in total. The molecule has 24 heavy (non-hydrogen) atoms. The van der Waals surface area contributed by atoms with E-state index in [0.29, 0.717) is 17.0 Å². The van der Waals surface area contributed by atoms with Gasteiger partial charge in [0.1, 0.15) is 21.3 Å². The molecule has 0 aliphatic carbocycles. The van der Waals surface area contributed by atoms with Crippen LogP contribution in [0, 0.1) is 0 Å². The molecule has 0 saturated carbocycles. The molecule has 1 heterocycles. The molecular weight excluding hydrogens is 334 g/mol. The summed E-state index contributed by atoms with van der Waals surface area (Å²) in [5.74, 6) is -0.102. The second-order valence-corrected chi connectivity index (χ2v) is 7.36. The van der Waals surface area contributed by atoms with Crippen molar-refractivity contribution in [1.29, 1.82) is 0 Å². The van der Waals surface area contributed by atoms with E-state index in [-0.39, 0.29) is 18.0 Å². The molecule has 0 aliphatic heterocycles. The Kier molecular flexibility index (Phi) is 5.35. The molecule has 1 aromatic heterocycles. The van der Waals surface area contributed by atoms with E-state index in [9.17, 15) is 18.0 Å². The van der Waals surface area contributed by atoms with Gasteiger partial charge in [-0.1, -0.05) is 0 Å². The summed E-state index contributed by atoms with van der Waals surface area (Å²) >= 11 is 0. The highest BCUT2D eigenvalue weighted by atomic mass is 32.2. The number of H-pyrrole nitrogens is 1. The molecule has 0 atom stereocenters. The largest absolute Gasteiger partial charge is 0.497 e. The van der Waals surface area contributed by atoms with Gasteiger partial charge in [0.2, 0.25) is 0 Å². The van der Waals surface area contributed by atoms with Crippen molar-refractivity contribution in [2.45, 2.75) is 0 Å². The van der Waals surface area contributed by atoms with Gasteiger partial charge < -0.3 is 15.0 Å². The van der Waals surface area contributed by atoms with Gasteiger partial charge in [-0.25, -0.2) is 13.2 Å². The summed E-state index contributed by atoms with van der Waals surface area (Å²) in [5, 5.41) is 2.44. The second kappa shape index (κ2) is 7.26. The molecule has 128 valence electrons. The number of methoxy groups -OCH3 is 1. The van der Waals surface area contributed by atoms with Crippen molar-refractivity contribution in [3.8, 4) is 17.0 Å². The summed E-state index contributed by atoms with van der Waals surface area (Å²) in [6.07, 6.45) is 1.08. The Morgan fingerprint density at radius 2 is 1.96 bits per heavy atom. The van der Waals surface area contributed by atoms with Crippen molar-refractivity contribution in [2.24, 2.45) is 0 Å². The lowest BCUT2D eigenvalue weighted by Crippen LogP contribution is -2.31. The molecule has 9 heteroatoms. The zero-order valence-electron chi connectivity index (χ0n) is 13.2. The highest BCUT2D eigenvalue weighted by Gasteiger charge is 2.11. The number of aromatic amines is 1. The maximum atomic E-state index is 12.0. The molecule has 2 rings (SSSR count). The Hall–Kier alpha value is -2.68. The number of hydrogen-bond acceptors (Lipinski definition) is 6. The van der Waals surface area contributed by atoms with E-state index in [1.807, 2.05) is 0 Å². The predicted molar refractivity (Wildman–Crippen MR) is 88.9 cm³/mol. The molecule has 0 spiro atoms.